The number of thiazole rings is 1. The highest BCUT2D eigenvalue weighted by Crippen LogP contribution is 2.23. The lowest BCUT2D eigenvalue weighted by Gasteiger charge is -2.27. The van der Waals surface area contributed by atoms with E-state index in [-0.39, 0.29) is 12.5 Å². The van der Waals surface area contributed by atoms with Crippen LogP contribution in [0.15, 0.2) is 12.3 Å². The Bertz CT molecular complexity index is 783. The van der Waals surface area contributed by atoms with E-state index < -0.39 is 6.10 Å². The molecule has 2 aliphatic rings. The SMILES string of the molecule is O=C(c1cnc(CN2CCCC2)s1)N1CCn2nc(C(O)CO)cc2C1. The number of amides is 1. The second-order valence-corrected chi connectivity index (χ2v) is 7.93. The summed E-state index contributed by atoms with van der Waals surface area (Å²) >= 11 is 1.48. The number of likely N-dealkylation sites (tertiary alicyclic amines) is 1. The second kappa shape index (κ2) is 7.43. The van der Waals surface area contributed by atoms with Gasteiger partial charge in [0, 0.05) is 6.54 Å². The first-order chi connectivity index (χ1) is 12.6. The van der Waals surface area contributed by atoms with Crippen molar-refractivity contribution >= 4 is 17.2 Å². The van der Waals surface area contributed by atoms with Crippen LogP contribution in [-0.2, 0) is 19.6 Å². The molecule has 1 unspecified atom stereocenters. The molecule has 2 aromatic heterocycles. The van der Waals surface area contributed by atoms with Crippen molar-refractivity contribution in [1.82, 2.24) is 24.6 Å². The lowest BCUT2D eigenvalue weighted by Crippen LogP contribution is -2.38. The normalized spacial score (nSPS) is 18.9. The fraction of sp³-hybridized carbons (Fsp3) is 0.588. The van der Waals surface area contributed by atoms with Gasteiger partial charge in [0.25, 0.3) is 5.91 Å². The molecule has 2 aromatic rings. The van der Waals surface area contributed by atoms with Crippen LogP contribution in [0.1, 0.15) is 45.0 Å². The predicted molar refractivity (Wildman–Crippen MR) is 95.6 cm³/mol. The van der Waals surface area contributed by atoms with Crippen LogP contribution in [0.4, 0.5) is 0 Å². The van der Waals surface area contributed by atoms with E-state index in [1.54, 1.807) is 21.8 Å². The Labute approximate surface area is 155 Å². The van der Waals surface area contributed by atoms with Gasteiger partial charge >= 0.3 is 0 Å². The maximum atomic E-state index is 12.8. The van der Waals surface area contributed by atoms with Crippen molar-refractivity contribution in [3.05, 3.63) is 33.5 Å². The van der Waals surface area contributed by atoms with E-state index in [0.717, 1.165) is 30.3 Å². The molecule has 0 spiro atoms. The van der Waals surface area contributed by atoms with E-state index in [1.165, 1.54) is 24.2 Å². The number of aromatic nitrogens is 3. The summed E-state index contributed by atoms with van der Waals surface area (Å²) in [7, 11) is 0. The average molecular weight is 377 g/mol. The minimum absolute atomic E-state index is 0.00752. The molecule has 0 radical (unpaired) electrons. The number of aliphatic hydroxyl groups excluding tert-OH is 2. The van der Waals surface area contributed by atoms with E-state index in [4.69, 9.17) is 5.11 Å². The van der Waals surface area contributed by atoms with Crippen LogP contribution >= 0.6 is 11.3 Å². The van der Waals surface area contributed by atoms with Gasteiger partial charge in [0.2, 0.25) is 0 Å². The van der Waals surface area contributed by atoms with Crippen molar-refractivity contribution in [3.8, 4) is 0 Å². The highest BCUT2D eigenvalue weighted by molar-refractivity contribution is 7.13. The Kier molecular flexibility index (Phi) is 5.03. The summed E-state index contributed by atoms with van der Waals surface area (Å²) in [6, 6.07) is 1.76. The standard InChI is InChI=1S/C17H23N5O3S/c23-11-14(24)13-7-12-9-21(5-6-22(12)19-13)17(25)15-8-18-16(26-15)10-20-3-1-2-4-20/h7-8,14,23-24H,1-6,9-11H2. The van der Waals surface area contributed by atoms with Crippen LogP contribution in [0, 0.1) is 0 Å². The first kappa shape index (κ1) is 17.6. The largest absolute Gasteiger partial charge is 0.393 e. The van der Waals surface area contributed by atoms with E-state index in [9.17, 15) is 9.90 Å². The number of rotatable bonds is 5. The molecule has 0 saturated carbocycles. The number of hydrogen-bond acceptors (Lipinski definition) is 7. The molecule has 1 amide bonds. The predicted octanol–water partition coefficient (Wildman–Crippen LogP) is 0.617. The summed E-state index contributed by atoms with van der Waals surface area (Å²) in [5, 5.41) is 24.1. The molecule has 2 N–H and O–H groups in total. The van der Waals surface area contributed by atoms with Crippen molar-refractivity contribution in [1.29, 1.82) is 0 Å². The minimum Gasteiger partial charge on any atom is -0.393 e. The molecule has 0 bridgehead atoms. The van der Waals surface area contributed by atoms with Crippen LogP contribution in [-0.4, -0.2) is 66.9 Å². The van der Waals surface area contributed by atoms with Crippen molar-refractivity contribution in [2.45, 2.75) is 38.6 Å². The van der Waals surface area contributed by atoms with Crippen LogP contribution in [0.2, 0.25) is 0 Å². The minimum atomic E-state index is -0.980. The number of nitrogens with zero attached hydrogens (tertiary/aromatic N) is 5. The zero-order chi connectivity index (χ0) is 18.1. The third kappa shape index (κ3) is 3.52. The van der Waals surface area contributed by atoms with E-state index in [2.05, 4.69) is 15.0 Å². The molecule has 26 heavy (non-hydrogen) atoms. The quantitative estimate of drug-likeness (QED) is 0.793. The van der Waals surface area contributed by atoms with Gasteiger partial charge < -0.3 is 15.1 Å². The zero-order valence-electron chi connectivity index (χ0n) is 14.5. The number of hydrogen-bond donors (Lipinski definition) is 2. The molecule has 0 aliphatic carbocycles. The maximum Gasteiger partial charge on any atom is 0.265 e. The maximum absolute atomic E-state index is 12.8. The van der Waals surface area contributed by atoms with Crippen molar-refractivity contribution < 1.29 is 15.0 Å². The molecule has 140 valence electrons. The third-order valence-corrected chi connectivity index (χ3v) is 5.91. The number of aliphatic hydroxyl groups is 2. The molecule has 8 nitrogen and oxygen atoms in total. The average Bonchev–Trinajstić information content (AvgIpc) is 3.40. The molecule has 0 aromatic carbocycles. The molecule has 1 atom stereocenters. The fourth-order valence-corrected chi connectivity index (χ4v) is 4.42. The number of carbonyl (C=O) groups excluding carboxylic acids is 1. The van der Waals surface area contributed by atoms with Gasteiger partial charge in [-0.1, -0.05) is 0 Å². The summed E-state index contributed by atoms with van der Waals surface area (Å²) < 4.78 is 1.80. The van der Waals surface area contributed by atoms with E-state index in [0.29, 0.717) is 30.2 Å². The topological polar surface area (TPSA) is 94.7 Å². The molecular weight excluding hydrogens is 354 g/mol. The van der Waals surface area contributed by atoms with Gasteiger partial charge in [-0.25, -0.2) is 4.98 Å². The Morgan fingerprint density at radius 3 is 2.85 bits per heavy atom. The second-order valence-electron chi connectivity index (χ2n) is 6.81. The Morgan fingerprint density at radius 1 is 1.27 bits per heavy atom. The monoisotopic (exact) mass is 377 g/mol. The third-order valence-electron chi connectivity index (χ3n) is 4.94. The van der Waals surface area contributed by atoms with Crippen molar-refractivity contribution in [2.24, 2.45) is 0 Å². The summed E-state index contributed by atoms with van der Waals surface area (Å²) in [5.41, 5.74) is 1.32. The van der Waals surface area contributed by atoms with Crippen LogP contribution < -0.4 is 0 Å². The van der Waals surface area contributed by atoms with Crippen molar-refractivity contribution in [3.63, 3.8) is 0 Å². The van der Waals surface area contributed by atoms with Gasteiger partial charge in [-0.15, -0.1) is 11.3 Å². The van der Waals surface area contributed by atoms with E-state index in [1.807, 2.05) is 0 Å². The van der Waals surface area contributed by atoms with E-state index >= 15 is 0 Å². The Morgan fingerprint density at radius 2 is 2.08 bits per heavy atom. The summed E-state index contributed by atoms with van der Waals surface area (Å²) in [4.78, 5) is 22.1. The van der Waals surface area contributed by atoms with Gasteiger partial charge in [-0.05, 0) is 32.0 Å². The Hall–Kier alpha value is -1.81. The highest BCUT2D eigenvalue weighted by atomic mass is 32.1. The Balaban J connectivity index is 1.42. The molecule has 9 heteroatoms. The zero-order valence-corrected chi connectivity index (χ0v) is 15.4. The van der Waals surface area contributed by atoms with Gasteiger partial charge in [0.1, 0.15) is 16.0 Å². The fourth-order valence-electron chi connectivity index (χ4n) is 3.49. The lowest BCUT2D eigenvalue weighted by atomic mass is 10.2. The van der Waals surface area contributed by atoms with Crippen molar-refractivity contribution in [2.75, 3.05) is 26.2 Å². The smallest absolute Gasteiger partial charge is 0.265 e. The highest BCUT2D eigenvalue weighted by Gasteiger charge is 2.26. The molecular formula is C17H23N5O3S. The first-order valence-corrected chi connectivity index (χ1v) is 9.77. The van der Waals surface area contributed by atoms with Gasteiger partial charge in [-0.2, -0.15) is 5.10 Å². The molecule has 2 aliphatic heterocycles. The van der Waals surface area contributed by atoms with Gasteiger partial charge in [0.05, 0.1) is 43.8 Å². The first-order valence-electron chi connectivity index (χ1n) is 8.96. The molecule has 1 saturated heterocycles. The lowest BCUT2D eigenvalue weighted by molar-refractivity contribution is 0.0709. The van der Waals surface area contributed by atoms with Crippen LogP contribution in [0.25, 0.3) is 0 Å². The molecule has 4 heterocycles. The van der Waals surface area contributed by atoms with Gasteiger partial charge in [0.15, 0.2) is 0 Å². The summed E-state index contributed by atoms with van der Waals surface area (Å²) in [5.74, 6) is -0.00752. The summed E-state index contributed by atoms with van der Waals surface area (Å²) in [6.07, 6.45) is 3.19. The number of fused-ring (bicyclic) bond motifs is 1. The van der Waals surface area contributed by atoms with Gasteiger partial charge in [-0.3, -0.25) is 14.4 Å². The number of carbonyl (C=O) groups is 1. The molecule has 1 fully saturated rings. The van der Waals surface area contributed by atoms with Crippen LogP contribution in [0.3, 0.4) is 0 Å². The summed E-state index contributed by atoms with van der Waals surface area (Å²) in [6.45, 7) is 4.29. The molecule has 4 rings (SSSR count). The van der Waals surface area contributed by atoms with Crippen LogP contribution in [0.5, 0.6) is 0 Å².